The highest BCUT2D eigenvalue weighted by Gasteiger charge is 2.20. The zero-order valence-electron chi connectivity index (χ0n) is 16.0. The van der Waals surface area contributed by atoms with Crippen molar-refractivity contribution in [3.8, 4) is 11.4 Å². The Morgan fingerprint density at radius 2 is 1.93 bits per heavy atom. The molecule has 2 aromatic rings. The first-order valence-corrected chi connectivity index (χ1v) is 9.10. The lowest BCUT2D eigenvalue weighted by molar-refractivity contribution is 0.0699. The number of carbonyl (C=O) groups is 1. The van der Waals surface area contributed by atoms with Gasteiger partial charge in [0.1, 0.15) is 5.52 Å². The van der Waals surface area contributed by atoms with Crippen LogP contribution in [0.5, 0.6) is 0 Å². The van der Waals surface area contributed by atoms with Crippen LogP contribution in [0.3, 0.4) is 0 Å². The number of para-hydroxylation sites is 1. The van der Waals surface area contributed by atoms with Crippen molar-refractivity contribution in [1.82, 2.24) is 9.55 Å². The third-order valence-electron chi connectivity index (χ3n) is 4.94. The van der Waals surface area contributed by atoms with E-state index in [-0.39, 0.29) is 11.0 Å². The van der Waals surface area contributed by atoms with Crippen molar-refractivity contribution in [1.29, 1.82) is 0 Å². The molecule has 0 atom stereocenters. The lowest BCUT2D eigenvalue weighted by Crippen LogP contribution is -2.14. The van der Waals surface area contributed by atoms with Gasteiger partial charge in [-0.3, -0.25) is 4.79 Å². The average molecular weight is 372 g/mol. The van der Waals surface area contributed by atoms with E-state index in [1.54, 1.807) is 18.2 Å². The largest absolute Gasteiger partial charge is 0.478 e. The first-order valence-electron chi connectivity index (χ1n) is 9.10. The summed E-state index contributed by atoms with van der Waals surface area (Å²) in [4.78, 5) is 29.3. The van der Waals surface area contributed by atoms with E-state index in [9.17, 15) is 14.7 Å². The van der Waals surface area contributed by atoms with Gasteiger partial charge >= 0.3 is 5.97 Å². The van der Waals surface area contributed by atoms with Gasteiger partial charge in [0.15, 0.2) is 5.43 Å². The van der Waals surface area contributed by atoms with Crippen LogP contribution in [0.1, 0.15) is 29.8 Å². The molecular formula is C23H20N2O3. The Bertz CT molecular complexity index is 1310. The maximum Gasteiger partial charge on any atom is 0.337 e. The number of allylic oxidation sites excluding steroid dienone is 2. The van der Waals surface area contributed by atoms with E-state index in [0.717, 1.165) is 16.5 Å². The predicted octanol–water partition coefficient (Wildman–Crippen LogP) is 4.63. The maximum atomic E-state index is 12.8. The van der Waals surface area contributed by atoms with Crippen LogP contribution < -0.4 is 5.43 Å². The molecule has 0 unspecified atom stereocenters. The van der Waals surface area contributed by atoms with Gasteiger partial charge in [-0.2, -0.15) is 0 Å². The molecule has 1 N–H and O–H groups in total. The Hall–Kier alpha value is -3.47. The zero-order valence-corrected chi connectivity index (χ0v) is 16.0. The quantitative estimate of drug-likeness (QED) is 0.323. The molecule has 28 heavy (non-hydrogen) atoms. The van der Waals surface area contributed by atoms with Gasteiger partial charge in [-0.15, -0.1) is 0 Å². The van der Waals surface area contributed by atoms with Crippen molar-refractivity contribution in [3.63, 3.8) is 0 Å². The van der Waals surface area contributed by atoms with Gasteiger partial charge in [0.05, 0.1) is 22.5 Å². The van der Waals surface area contributed by atoms with E-state index in [4.69, 9.17) is 4.98 Å². The SMILES string of the molecule is CC(C)=CCn1c2cc(=O)c3cc(C)ccc3c-2nc2c(C(=O)O)cccc21. The number of hydrogen-bond acceptors (Lipinski definition) is 3. The van der Waals surface area contributed by atoms with Gasteiger partial charge in [-0.1, -0.05) is 35.4 Å². The number of aryl methyl sites for hydroxylation is 1. The number of hydrogen-bond donors (Lipinski definition) is 1. The van der Waals surface area contributed by atoms with E-state index in [1.807, 2.05) is 49.6 Å². The Morgan fingerprint density at radius 3 is 2.64 bits per heavy atom. The summed E-state index contributed by atoms with van der Waals surface area (Å²) >= 11 is 0. The molecule has 0 amide bonds. The summed E-state index contributed by atoms with van der Waals surface area (Å²) in [7, 11) is 0. The standard InChI is InChI=1S/C23H20N2O3/c1-13(2)9-10-25-18-6-4-5-16(23(27)28)22(18)24-21-15-8-7-14(3)11-17(15)20(26)12-19(21)25/h4-9,11-12H,10H2,1-3H3,(H,27,28). The summed E-state index contributed by atoms with van der Waals surface area (Å²) < 4.78 is 1.97. The number of aromatic nitrogens is 2. The normalized spacial score (nSPS) is 11.2. The van der Waals surface area contributed by atoms with Crippen LogP contribution in [0.15, 0.2) is 58.9 Å². The molecule has 2 aliphatic rings. The molecule has 0 saturated carbocycles. The number of aromatic carboxylic acids is 1. The molecule has 0 saturated heterocycles. The van der Waals surface area contributed by atoms with Crippen molar-refractivity contribution < 1.29 is 9.90 Å². The van der Waals surface area contributed by atoms with Crippen molar-refractivity contribution >= 4 is 27.8 Å². The first kappa shape index (κ1) is 17.9. The summed E-state index contributed by atoms with van der Waals surface area (Å²) in [6.07, 6.45) is 2.05. The Morgan fingerprint density at radius 1 is 1.14 bits per heavy atom. The molecule has 2 aromatic carbocycles. The fraction of sp³-hybridized carbons (Fsp3) is 0.174. The summed E-state index contributed by atoms with van der Waals surface area (Å²) in [5.41, 5.74) is 4.67. The van der Waals surface area contributed by atoms with E-state index in [2.05, 4.69) is 6.08 Å². The molecular weight excluding hydrogens is 352 g/mol. The molecule has 0 spiro atoms. The van der Waals surface area contributed by atoms with Crippen molar-refractivity contribution in [3.05, 3.63) is 75.5 Å². The molecule has 0 bridgehead atoms. The van der Waals surface area contributed by atoms with Crippen molar-refractivity contribution in [2.75, 3.05) is 0 Å². The predicted molar refractivity (Wildman–Crippen MR) is 111 cm³/mol. The second-order valence-corrected chi connectivity index (χ2v) is 7.27. The summed E-state index contributed by atoms with van der Waals surface area (Å²) in [6, 6.07) is 12.4. The van der Waals surface area contributed by atoms with Crippen molar-refractivity contribution in [2.45, 2.75) is 27.3 Å². The minimum absolute atomic E-state index is 0.0623. The molecule has 1 aliphatic carbocycles. The Balaban J connectivity index is 2.24. The molecule has 0 radical (unpaired) electrons. The Kier molecular flexibility index (Phi) is 4.23. The highest BCUT2D eigenvalue weighted by atomic mass is 16.4. The van der Waals surface area contributed by atoms with Crippen LogP contribution in [0.25, 0.3) is 33.2 Å². The second kappa shape index (κ2) is 6.60. The summed E-state index contributed by atoms with van der Waals surface area (Å²) in [5, 5.41) is 11.0. The van der Waals surface area contributed by atoms with Crippen LogP contribution in [-0.2, 0) is 6.54 Å². The van der Waals surface area contributed by atoms with Gasteiger partial charge in [-0.25, -0.2) is 9.78 Å². The highest BCUT2D eigenvalue weighted by molar-refractivity contribution is 6.04. The number of benzene rings is 3. The number of nitrogens with zero attached hydrogens (tertiary/aromatic N) is 2. The van der Waals surface area contributed by atoms with Crippen LogP contribution >= 0.6 is 0 Å². The Labute approximate surface area is 161 Å². The van der Waals surface area contributed by atoms with Gasteiger partial charge in [0.2, 0.25) is 0 Å². The minimum atomic E-state index is -1.02. The number of carboxylic acid groups (broad SMARTS) is 1. The molecule has 5 heteroatoms. The van der Waals surface area contributed by atoms with Crippen molar-refractivity contribution in [2.24, 2.45) is 0 Å². The molecule has 0 aromatic heterocycles. The zero-order chi connectivity index (χ0) is 20.0. The number of fused-ring (bicyclic) bond motifs is 4. The molecule has 4 rings (SSSR count). The van der Waals surface area contributed by atoms with Gasteiger partial charge in [0, 0.05) is 23.4 Å². The molecule has 5 nitrogen and oxygen atoms in total. The number of carboxylic acids is 1. The van der Waals surface area contributed by atoms with E-state index in [1.165, 1.54) is 0 Å². The fourth-order valence-electron chi connectivity index (χ4n) is 3.55. The third kappa shape index (κ3) is 2.85. The smallest absolute Gasteiger partial charge is 0.337 e. The number of rotatable bonds is 3. The lowest BCUT2D eigenvalue weighted by atomic mass is 10.0. The van der Waals surface area contributed by atoms with E-state index < -0.39 is 5.97 Å². The van der Waals surface area contributed by atoms with Gasteiger partial charge < -0.3 is 9.67 Å². The topological polar surface area (TPSA) is 72.2 Å². The third-order valence-corrected chi connectivity index (χ3v) is 4.94. The summed E-state index contributed by atoms with van der Waals surface area (Å²) in [5.74, 6) is -1.02. The lowest BCUT2D eigenvalue weighted by Gasteiger charge is -2.20. The van der Waals surface area contributed by atoms with E-state index in [0.29, 0.717) is 34.4 Å². The monoisotopic (exact) mass is 372 g/mol. The summed E-state index contributed by atoms with van der Waals surface area (Å²) in [6.45, 7) is 6.48. The molecule has 1 heterocycles. The molecule has 1 aliphatic heterocycles. The van der Waals surface area contributed by atoms with Gasteiger partial charge in [0.25, 0.3) is 0 Å². The fourth-order valence-corrected chi connectivity index (χ4v) is 3.55. The maximum absolute atomic E-state index is 12.8. The van der Waals surface area contributed by atoms with Crippen LogP contribution in [0.4, 0.5) is 0 Å². The highest BCUT2D eigenvalue weighted by Crippen LogP contribution is 2.32. The second-order valence-electron chi connectivity index (χ2n) is 7.27. The van der Waals surface area contributed by atoms with Crippen LogP contribution in [0, 0.1) is 6.92 Å². The molecule has 140 valence electrons. The molecule has 0 fully saturated rings. The first-order chi connectivity index (χ1) is 13.4. The average Bonchev–Trinajstić information content (AvgIpc) is 2.65. The minimum Gasteiger partial charge on any atom is -0.478 e. The van der Waals surface area contributed by atoms with Crippen LogP contribution in [-0.4, -0.2) is 20.6 Å². The van der Waals surface area contributed by atoms with E-state index >= 15 is 0 Å². The van der Waals surface area contributed by atoms with Gasteiger partial charge in [-0.05, 0) is 39.0 Å². The van der Waals surface area contributed by atoms with Crippen LogP contribution in [0.2, 0.25) is 0 Å².